The van der Waals surface area contributed by atoms with Gasteiger partial charge in [-0.05, 0) is 36.4 Å². The van der Waals surface area contributed by atoms with Gasteiger partial charge < -0.3 is 10.1 Å². The van der Waals surface area contributed by atoms with Gasteiger partial charge in [-0.25, -0.2) is 0 Å². The van der Waals surface area contributed by atoms with Crippen LogP contribution in [0.2, 0.25) is 0 Å². The first-order valence-electron chi connectivity index (χ1n) is 9.26. The zero-order valence-corrected chi connectivity index (χ0v) is 16.0. The van der Waals surface area contributed by atoms with Crippen LogP contribution in [0.25, 0.3) is 0 Å². The number of carbonyl (C=O) groups is 1. The Labute approximate surface area is 163 Å². The Morgan fingerprint density at radius 1 is 1.29 bits per heavy atom. The van der Waals surface area contributed by atoms with Crippen molar-refractivity contribution in [3.8, 4) is 5.75 Å². The summed E-state index contributed by atoms with van der Waals surface area (Å²) in [5, 5.41) is 10.5. The van der Waals surface area contributed by atoms with Crippen molar-refractivity contribution in [1.29, 1.82) is 0 Å². The summed E-state index contributed by atoms with van der Waals surface area (Å²) >= 11 is 0. The molecule has 7 nitrogen and oxygen atoms in total. The van der Waals surface area contributed by atoms with Crippen LogP contribution in [0.1, 0.15) is 21.5 Å². The standard InChI is InChI=1S/C21H23N5O2/c1-25(13-18-11-16-7-3-4-9-19(16)28-18)12-15-6-5-8-17(10-15)21(27)22-20-14-26(2)24-23-20/h3-10,14,18H,11-13H2,1-2H3,(H,22,27)/t18-/m0/s1. The molecule has 0 saturated carbocycles. The summed E-state index contributed by atoms with van der Waals surface area (Å²) in [6, 6.07) is 15.8. The molecule has 1 aliphatic rings. The minimum absolute atomic E-state index is 0.158. The summed E-state index contributed by atoms with van der Waals surface area (Å²) in [6.07, 6.45) is 2.75. The van der Waals surface area contributed by atoms with Crippen LogP contribution in [-0.4, -0.2) is 45.5 Å². The molecule has 1 aromatic heterocycles. The second kappa shape index (κ2) is 7.82. The third-order valence-corrected chi connectivity index (χ3v) is 4.72. The Bertz CT molecular complexity index is 959. The lowest BCUT2D eigenvalue weighted by Gasteiger charge is -2.21. The summed E-state index contributed by atoms with van der Waals surface area (Å²) in [5.41, 5.74) is 2.94. The summed E-state index contributed by atoms with van der Waals surface area (Å²) in [4.78, 5) is 14.7. The highest BCUT2D eigenvalue weighted by atomic mass is 16.5. The number of hydrogen-bond acceptors (Lipinski definition) is 5. The van der Waals surface area contributed by atoms with Crippen molar-refractivity contribution in [2.45, 2.75) is 19.1 Å². The molecule has 0 bridgehead atoms. The molecule has 1 amide bonds. The molecule has 0 fully saturated rings. The van der Waals surface area contributed by atoms with Crippen molar-refractivity contribution in [3.05, 3.63) is 71.4 Å². The van der Waals surface area contributed by atoms with Gasteiger partial charge in [-0.2, -0.15) is 0 Å². The molecule has 0 aliphatic carbocycles. The van der Waals surface area contributed by atoms with E-state index in [0.717, 1.165) is 30.8 Å². The third kappa shape index (κ3) is 4.20. The first-order valence-corrected chi connectivity index (χ1v) is 9.26. The van der Waals surface area contributed by atoms with E-state index in [9.17, 15) is 4.79 Å². The molecule has 0 radical (unpaired) electrons. The van der Waals surface area contributed by atoms with Gasteiger partial charge in [0.15, 0.2) is 5.82 Å². The number of aromatic nitrogens is 3. The van der Waals surface area contributed by atoms with Gasteiger partial charge in [0.05, 0.1) is 6.20 Å². The number of likely N-dealkylation sites (N-methyl/N-ethyl adjacent to an activating group) is 1. The number of amides is 1. The van der Waals surface area contributed by atoms with Crippen molar-refractivity contribution in [2.24, 2.45) is 7.05 Å². The van der Waals surface area contributed by atoms with E-state index in [0.29, 0.717) is 11.4 Å². The largest absolute Gasteiger partial charge is 0.488 e. The molecule has 0 unspecified atom stereocenters. The van der Waals surface area contributed by atoms with Crippen LogP contribution in [0.15, 0.2) is 54.7 Å². The van der Waals surface area contributed by atoms with Gasteiger partial charge >= 0.3 is 0 Å². The van der Waals surface area contributed by atoms with E-state index < -0.39 is 0 Å². The number of hydrogen-bond donors (Lipinski definition) is 1. The van der Waals surface area contributed by atoms with Gasteiger partial charge in [0.2, 0.25) is 0 Å². The molecule has 3 aromatic rings. The van der Waals surface area contributed by atoms with Gasteiger partial charge in [0.1, 0.15) is 11.9 Å². The van der Waals surface area contributed by atoms with Gasteiger partial charge in [-0.1, -0.05) is 35.5 Å². The number of benzene rings is 2. The summed E-state index contributed by atoms with van der Waals surface area (Å²) in [6.45, 7) is 1.56. The van der Waals surface area contributed by atoms with Crippen LogP contribution in [0.5, 0.6) is 5.75 Å². The third-order valence-electron chi connectivity index (χ3n) is 4.72. The maximum absolute atomic E-state index is 12.4. The zero-order valence-electron chi connectivity index (χ0n) is 16.0. The molecule has 2 heterocycles. The zero-order chi connectivity index (χ0) is 19.5. The van der Waals surface area contributed by atoms with E-state index in [-0.39, 0.29) is 12.0 Å². The van der Waals surface area contributed by atoms with Crippen LogP contribution in [0.4, 0.5) is 5.82 Å². The number of rotatable bonds is 6. The van der Waals surface area contributed by atoms with E-state index in [2.05, 4.69) is 33.6 Å². The molecule has 28 heavy (non-hydrogen) atoms. The van der Waals surface area contributed by atoms with E-state index >= 15 is 0 Å². The van der Waals surface area contributed by atoms with Gasteiger partial charge in [-0.3, -0.25) is 14.4 Å². The molecular weight excluding hydrogens is 354 g/mol. The minimum Gasteiger partial charge on any atom is -0.488 e. The normalized spacial score (nSPS) is 15.3. The molecule has 4 rings (SSSR count). The van der Waals surface area contributed by atoms with Crippen molar-refractivity contribution in [1.82, 2.24) is 19.9 Å². The van der Waals surface area contributed by atoms with Crippen molar-refractivity contribution >= 4 is 11.7 Å². The predicted molar refractivity (Wildman–Crippen MR) is 106 cm³/mol. The number of para-hydroxylation sites is 1. The number of aryl methyl sites for hydroxylation is 1. The van der Waals surface area contributed by atoms with Gasteiger partial charge in [-0.15, -0.1) is 5.10 Å². The Kier molecular flexibility index (Phi) is 5.08. The highest BCUT2D eigenvalue weighted by Crippen LogP contribution is 2.28. The smallest absolute Gasteiger partial charge is 0.256 e. The Morgan fingerprint density at radius 3 is 2.93 bits per heavy atom. The van der Waals surface area contributed by atoms with Crippen molar-refractivity contribution in [3.63, 3.8) is 0 Å². The lowest BCUT2D eigenvalue weighted by Crippen LogP contribution is -2.31. The van der Waals surface area contributed by atoms with Gasteiger partial charge in [0, 0.05) is 32.1 Å². The highest BCUT2D eigenvalue weighted by molar-refractivity contribution is 6.03. The molecular formula is C21H23N5O2. The van der Waals surface area contributed by atoms with E-state index in [1.54, 1.807) is 24.0 Å². The van der Waals surface area contributed by atoms with Crippen molar-refractivity contribution in [2.75, 3.05) is 18.9 Å². The first kappa shape index (κ1) is 18.2. The monoisotopic (exact) mass is 377 g/mol. The van der Waals surface area contributed by atoms with Crippen LogP contribution in [0.3, 0.4) is 0 Å². The average Bonchev–Trinajstić information content (AvgIpc) is 3.26. The minimum atomic E-state index is -0.195. The van der Waals surface area contributed by atoms with Crippen LogP contribution >= 0.6 is 0 Å². The van der Waals surface area contributed by atoms with Gasteiger partial charge in [0.25, 0.3) is 5.91 Å². The molecule has 144 valence electrons. The van der Waals surface area contributed by atoms with Crippen LogP contribution in [0, 0.1) is 0 Å². The molecule has 1 aliphatic heterocycles. The second-order valence-corrected chi connectivity index (χ2v) is 7.18. The fourth-order valence-corrected chi connectivity index (χ4v) is 3.48. The Morgan fingerprint density at radius 2 is 2.14 bits per heavy atom. The van der Waals surface area contributed by atoms with Crippen molar-refractivity contribution < 1.29 is 9.53 Å². The molecule has 7 heteroatoms. The Balaban J connectivity index is 1.35. The summed E-state index contributed by atoms with van der Waals surface area (Å²) in [7, 11) is 3.82. The maximum atomic E-state index is 12.4. The quantitative estimate of drug-likeness (QED) is 0.715. The molecule has 0 spiro atoms. The summed E-state index contributed by atoms with van der Waals surface area (Å²) in [5.74, 6) is 1.23. The van der Waals surface area contributed by atoms with E-state index in [1.165, 1.54) is 5.56 Å². The second-order valence-electron chi connectivity index (χ2n) is 7.18. The fourth-order valence-electron chi connectivity index (χ4n) is 3.48. The number of anilines is 1. The molecule has 1 atom stereocenters. The van der Waals surface area contributed by atoms with Crippen LogP contribution < -0.4 is 10.1 Å². The molecule has 0 saturated heterocycles. The lowest BCUT2D eigenvalue weighted by atomic mass is 10.1. The fraction of sp³-hybridized carbons (Fsp3) is 0.286. The Hall–Kier alpha value is -3.19. The molecule has 1 N–H and O–H groups in total. The number of nitrogens with one attached hydrogen (secondary N) is 1. The van der Waals surface area contributed by atoms with E-state index in [1.807, 2.05) is 36.4 Å². The highest BCUT2D eigenvalue weighted by Gasteiger charge is 2.23. The number of nitrogens with zero attached hydrogens (tertiary/aromatic N) is 4. The average molecular weight is 377 g/mol. The number of ether oxygens (including phenoxy) is 1. The lowest BCUT2D eigenvalue weighted by molar-refractivity contribution is 0.102. The first-order chi connectivity index (χ1) is 13.6. The molecule has 2 aromatic carbocycles. The summed E-state index contributed by atoms with van der Waals surface area (Å²) < 4.78 is 7.57. The predicted octanol–water partition coefficient (Wildman–Crippen LogP) is 2.50. The number of carbonyl (C=O) groups excluding carboxylic acids is 1. The van der Waals surface area contributed by atoms with Crippen LogP contribution in [-0.2, 0) is 20.0 Å². The maximum Gasteiger partial charge on any atom is 0.256 e. The topological polar surface area (TPSA) is 72.3 Å². The number of fused-ring (bicyclic) bond motifs is 1. The van der Waals surface area contributed by atoms with E-state index in [4.69, 9.17) is 4.74 Å². The SMILES string of the molecule is CN(Cc1cccc(C(=O)Nc2cn(C)nn2)c1)C[C@@H]1Cc2ccccc2O1.